The second-order valence-corrected chi connectivity index (χ2v) is 3.07. The van der Waals surface area contributed by atoms with E-state index < -0.39 is 12.6 Å². The third-order valence-corrected chi connectivity index (χ3v) is 0. The van der Waals surface area contributed by atoms with Crippen molar-refractivity contribution in [1.29, 1.82) is 0 Å². The molecule has 0 saturated heterocycles. The van der Waals surface area contributed by atoms with Gasteiger partial charge in [-0.3, -0.25) is 0 Å². The normalized spacial score (nSPS) is 8.00. The van der Waals surface area contributed by atoms with Crippen LogP contribution in [0.3, 0.4) is 0 Å². The van der Waals surface area contributed by atoms with Crippen LogP contribution >= 0.6 is 0 Å². The molecule has 0 radical (unpaired) electrons. The Morgan fingerprint density at radius 3 is 0.750 bits per heavy atom. The maximum absolute atomic E-state index is 8.64. The minimum atomic E-state index is -7.74. The van der Waals surface area contributed by atoms with Gasteiger partial charge in [0.15, 0.2) is 0 Å². The first-order valence-corrected chi connectivity index (χ1v) is 4.45. The summed E-state index contributed by atoms with van der Waals surface area (Å²) in [5, 5.41) is 0. The molecule has 0 unspecified atom stereocenters. The van der Waals surface area contributed by atoms with Crippen LogP contribution in [0, 0.1) is 0 Å². The predicted octanol–water partition coefficient (Wildman–Crippen LogP) is -0.718. The summed E-state index contributed by atoms with van der Waals surface area (Å²) in [5.74, 6) is 0. The van der Waals surface area contributed by atoms with Crippen molar-refractivity contribution in [2.45, 2.75) is 0 Å². The first kappa shape index (κ1) is 10.8. The van der Waals surface area contributed by atoms with Crippen LogP contribution in [0.4, 0.5) is 0 Å². The molecule has 0 rings (SSSR count). The Hall–Kier alpha value is -0.0831. The van der Waals surface area contributed by atoms with Crippen molar-refractivity contribution in [3.63, 3.8) is 0 Å². The van der Waals surface area contributed by atoms with Gasteiger partial charge >= 0.3 is 51.0 Å². The average Bonchev–Trinajstić information content (AvgIpc) is 1.33. The topological polar surface area (TPSA) is 102 Å². The maximum atomic E-state index is 8.64. The van der Waals surface area contributed by atoms with Gasteiger partial charge in [-0.15, -0.1) is 0 Å². The third kappa shape index (κ3) is 20700. The Kier molecular flexibility index (Phi) is 3.33. The quantitative estimate of drug-likeness (QED) is 0.510. The van der Waals surface area contributed by atoms with Crippen molar-refractivity contribution in [1.82, 2.24) is 0 Å². The molecule has 8 heavy (non-hydrogen) atoms. The SMILES string of the molecule is [O]=[Cr].[O]=[V](=[O])(=[O])(=[O])=[O]. The molecule has 0 saturated carbocycles. The van der Waals surface area contributed by atoms with Crippen LogP contribution in [-0.2, 0) is 51.0 Å². The summed E-state index contributed by atoms with van der Waals surface area (Å²) in [6.45, 7) is 0. The molecule has 0 aromatic heterocycles. The average molecular weight is 199 g/mol. The van der Waals surface area contributed by atoms with Crippen molar-refractivity contribution < 1.29 is 51.0 Å². The zero-order chi connectivity index (χ0) is 7.45. The fourth-order valence-electron chi connectivity index (χ4n) is 0. The minimum absolute atomic E-state index is 1.38. The molecule has 0 fully saturated rings. The van der Waals surface area contributed by atoms with Gasteiger partial charge in [0, 0.05) is 0 Å². The van der Waals surface area contributed by atoms with E-state index in [4.69, 9.17) is 22.2 Å². The van der Waals surface area contributed by atoms with E-state index in [0.717, 1.165) is 0 Å². The van der Waals surface area contributed by atoms with Crippen LogP contribution in [0.15, 0.2) is 0 Å². The Labute approximate surface area is 51.4 Å². The Bertz CT molecular complexity index is 292. The van der Waals surface area contributed by atoms with Gasteiger partial charge in [-0.1, -0.05) is 0 Å². The summed E-state index contributed by atoms with van der Waals surface area (Å²) in [6, 6.07) is 0. The molecule has 0 aliphatic rings. The zero-order valence-electron chi connectivity index (χ0n) is 3.30. The third-order valence-electron chi connectivity index (χ3n) is 0. The number of hydrogen-bond acceptors (Lipinski definition) is 6. The van der Waals surface area contributed by atoms with Crippen LogP contribution in [0.2, 0.25) is 0 Å². The van der Waals surface area contributed by atoms with Crippen LogP contribution in [0.5, 0.6) is 0 Å². The van der Waals surface area contributed by atoms with Crippen LogP contribution in [0.1, 0.15) is 0 Å². The zero-order valence-corrected chi connectivity index (χ0v) is 5.98. The molecular weight excluding hydrogens is 199 g/mol. The van der Waals surface area contributed by atoms with Crippen molar-refractivity contribution in [2.24, 2.45) is 0 Å². The van der Waals surface area contributed by atoms with Gasteiger partial charge in [0.05, 0.1) is 0 Å². The first-order valence-electron chi connectivity index (χ1n) is 1.08. The molecule has 0 aliphatic carbocycles. The summed E-state index contributed by atoms with van der Waals surface area (Å²) < 4.78 is 51.3. The molecule has 0 aliphatic heterocycles. The molecule has 0 N–H and O–H groups in total. The van der Waals surface area contributed by atoms with Gasteiger partial charge in [-0.05, 0) is 0 Å². The fraction of sp³-hybridized carbons (Fsp3) is 0. The van der Waals surface area contributed by atoms with Crippen molar-refractivity contribution in [3.05, 3.63) is 0 Å². The molecular formula is CrO6V. The van der Waals surface area contributed by atoms with E-state index in [1.807, 2.05) is 0 Å². The van der Waals surface area contributed by atoms with E-state index in [-0.39, 0.29) is 0 Å². The van der Waals surface area contributed by atoms with E-state index in [1.54, 1.807) is 0 Å². The summed E-state index contributed by atoms with van der Waals surface area (Å²) in [4.78, 5) is 0. The summed E-state index contributed by atoms with van der Waals surface area (Å²) in [7, 11) is 0. The summed E-state index contributed by atoms with van der Waals surface area (Å²) in [6.07, 6.45) is 0. The molecule has 8 heteroatoms. The van der Waals surface area contributed by atoms with Crippen molar-refractivity contribution in [3.8, 4) is 0 Å². The molecule has 6 nitrogen and oxygen atoms in total. The number of hydrogen-bond donors (Lipinski definition) is 0. The van der Waals surface area contributed by atoms with Gasteiger partial charge in [0.25, 0.3) is 0 Å². The van der Waals surface area contributed by atoms with E-state index >= 15 is 0 Å². The molecule has 0 aromatic rings. The Morgan fingerprint density at radius 1 is 0.750 bits per heavy atom. The predicted molar refractivity (Wildman–Crippen MR) is 4.12 cm³/mol. The van der Waals surface area contributed by atoms with Gasteiger partial charge in [0.1, 0.15) is 0 Å². The molecule has 0 amide bonds. The van der Waals surface area contributed by atoms with Crippen LogP contribution < -0.4 is 0 Å². The van der Waals surface area contributed by atoms with E-state index in [1.165, 1.54) is 16.2 Å². The molecule has 0 spiro atoms. The summed E-state index contributed by atoms with van der Waals surface area (Å²) in [5.41, 5.74) is 0. The van der Waals surface area contributed by atoms with Gasteiger partial charge in [-0.2, -0.15) is 0 Å². The van der Waals surface area contributed by atoms with Crippen LogP contribution in [-0.4, -0.2) is 0 Å². The first-order chi connectivity index (χ1) is 3.24. The van der Waals surface area contributed by atoms with E-state index in [0.29, 0.717) is 0 Å². The molecule has 0 bridgehead atoms. The van der Waals surface area contributed by atoms with E-state index in [9.17, 15) is 0 Å². The van der Waals surface area contributed by atoms with Gasteiger partial charge in [0.2, 0.25) is 0 Å². The summed E-state index contributed by atoms with van der Waals surface area (Å²) >= 11 is -6.36. The molecule has 0 atom stereocenters. The monoisotopic (exact) mass is 199 g/mol. The Morgan fingerprint density at radius 2 is 0.750 bits per heavy atom. The van der Waals surface area contributed by atoms with Gasteiger partial charge < -0.3 is 0 Å². The van der Waals surface area contributed by atoms with E-state index in [2.05, 4.69) is 0 Å². The molecule has 0 aromatic carbocycles. The fourth-order valence-corrected chi connectivity index (χ4v) is 0. The van der Waals surface area contributed by atoms with Crippen molar-refractivity contribution in [2.75, 3.05) is 0 Å². The Balaban J connectivity index is 0. The van der Waals surface area contributed by atoms with Crippen LogP contribution in [0.25, 0.3) is 0 Å². The standard InChI is InChI=1S/Cr.6O.V. The second kappa shape index (κ2) is 2.46. The molecule has 47 valence electrons. The van der Waals surface area contributed by atoms with Gasteiger partial charge in [-0.25, -0.2) is 0 Å². The second-order valence-electron chi connectivity index (χ2n) is 0.745. The number of rotatable bonds is 0. The molecule has 0 heterocycles. The van der Waals surface area contributed by atoms with Crippen molar-refractivity contribution >= 4 is 0 Å².